The van der Waals surface area contributed by atoms with Crippen LogP contribution >= 0.6 is 0 Å². The third-order valence-electron chi connectivity index (χ3n) is 5.82. The molecular weight excluding hydrogens is 369 g/mol. The fourth-order valence-corrected chi connectivity index (χ4v) is 3.99. The molecule has 2 aromatic rings. The molecule has 1 saturated heterocycles. The maximum atomic E-state index is 12.5. The number of likely N-dealkylation sites (tertiary alicyclic amines) is 1. The molecule has 1 aromatic carbocycles. The van der Waals surface area contributed by atoms with Gasteiger partial charge in [-0.3, -0.25) is 9.69 Å². The molecule has 1 amide bonds. The molecule has 0 unspecified atom stereocenters. The summed E-state index contributed by atoms with van der Waals surface area (Å²) in [5, 5.41) is 3.97. The quantitative estimate of drug-likeness (QED) is 0.816. The monoisotopic (exact) mass is 396 g/mol. The lowest BCUT2D eigenvalue weighted by Gasteiger charge is -2.35. The molecule has 0 spiro atoms. The van der Waals surface area contributed by atoms with Crippen molar-refractivity contribution in [1.29, 1.82) is 0 Å². The summed E-state index contributed by atoms with van der Waals surface area (Å²) in [5.74, 6) is 0.102. The molecule has 1 atom stereocenters. The minimum atomic E-state index is -4.16. The van der Waals surface area contributed by atoms with Crippen LogP contribution in [-0.2, 0) is 11.2 Å². The van der Waals surface area contributed by atoms with E-state index >= 15 is 0 Å². The number of benzene rings is 1. The smallest absolute Gasteiger partial charge is 0.401 e. The lowest BCUT2D eigenvalue weighted by Crippen LogP contribution is -2.46. The summed E-state index contributed by atoms with van der Waals surface area (Å²) in [7, 11) is 0. The van der Waals surface area contributed by atoms with E-state index in [2.05, 4.69) is 5.32 Å². The van der Waals surface area contributed by atoms with Crippen LogP contribution in [0.5, 0.6) is 0 Å². The Morgan fingerprint density at radius 2 is 1.96 bits per heavy atom. The van der Waals surface area contributed by atoms with Gasteiger partial charge < -0.3 is 9.73 Å². The summed E-state index contributed by atoms with van der Waals surface area (Å²) in [6, 6.07) is 3.93. The van der Waals surface area contributed by atoms with Crippen molar-refractivity contribution in [3.8, 4) is 0 Å². The van der Waals surface area contributed by atoms with Gasteiger partial charge in [0.05, 0.1) is 19.2 Å². The van der Waals surface area contributed by atoms with Gasteiger partial charge in [0.2, 0.25) is 5.91 Å². The van der Waals surface area contributed by atoms with E-state index in [1.807, 2.05) is 32.9 Å². The van der Waals surface area contributed by atoms with Crippen molar-refractivity contribution < 1.29 is 22.4 Å². The van der Waals surface area contributed by atoms with Crippen LogP contribution in [0.4, 0.5) is 13.2 Å². The third-order valence-corrected chi connectivity index (χ3v) is 5.82. The van der Waals surface area contributed by atoms with Crippen molar-refractivity contribution in [2.45, 2.75) is 52.3 Å². The van der Waals surface area contributed by atoms with E-state index in [0.29, 0.717) is 25.9 Å². The summed E-state index contributed by atoms with van der Waals surface area (Å²) in [4.78, 5) is 13.9. The number of halogens is 3. The van der Waals surface area contributed by atoms with Gasteiger partial charge in [-0.2, -0.15) is 13.2 Å². The second-order valence-corrected chi connectivity index (χ2v) is 7.91. The molecule has 1 N–H and O–H groups in total. The van der Waals surface area contributed by atoms with Gasteiger partial charge in [-0.05, 0) is 63.7 Å². The number of hydrogen-bond donors (Lipinski definition) is 1. The van der Waals surface area contributed by atoms with Crippen molar-refractivity contribution in [3.63, 3.8) is 0 Å². The Bertz CT molecular complexity index is 836. The van der Waals surface area contributed by atoms with Gasteiger partial charge >= 0.3 is 6.18 Å². The van der Waals surface area contributed by atoms with Crippen LogP contribution in [-0.4, -0.2) is 42.7 Å². The molecule has 7 heteroatoms. The molecule has 4 nitrogen and oxygen atoms in total. The topological polar surface area (TPSA) is 45.5 Å². The number of rotatable bonds is 5. The second-order valence-electron chi connectivity index (χ2n) is 7.91. The first kappa shape index (κ1) is 20.7. The maximum Gasteiger partial charge on any atom is 0.401 e. The highest BCUT2D eigenvalue weighted by Crippen LogP contribution is 2.27. The van der Waals surface area contributed by atoms with Crippen LogP contribution in [0.1, 0.15) is 36.5 Å². The average molecular weight is 396 g/mol. The minimum absolute atomic E-state index is 0.0670. The summed E-state index contributed by atoms with van der Waals surface area (Å²) in [6.07, 6.45) is -0.976. The Balaban J connectivity index is 1.54. The Morgan fingerprint density at radius 1 is 1.29 bits per heavy atom. The molecule has 2 heterocycles. The van der Waals surface area contributed by atoms with E-state index in [-0.39, 0.29) is 24.3 Å². The number of furan rings is 1. The molecule has 1 aliphatic rings. The van der Waals surface area contributed by atoms with Crippen LogP contribution in [0, 0.1) is 19.8 Å². The van der Waals surface area contributed by atoms with E-state index in [4.69, 9.17) is 4.42 Å². The number of piperidine rings is 1. The molecular formula is C21H27F3N2O2. The molecule has 1 aromatic heterocycles. The second kappa shape index (κ2) is 8.15. The third kappa shape index (κ3) is 4.87. The molecule has 28 heavy (non-hydrogen) atoms. The summed E-state index contributed by atoms with van der Waals surface area (Å²) in [5.41, 5.74) is 3.88. The molecule has 154 valence electrons. The first-order valence-corrected chi connectivity index (χ1v) is 9.69. The Hall–Kier alpha value is -2.02. The van der Waals surface area contributed by atoms with Crippen LogP contribution < -0.4 is 5.32 Å². The number of carbonyl (C=O) groups is 1. The van der Waals surface area contributed by atoms with Crippen molar-refractivity contribution in [1.82, 2.24) is 10.2 Å². The fraction of sp³-hybridized carbons (Fsp3) is 0.571. The van der Waals surface area contributed by atoms with Gasteiger partial charge in [0.1, 0.15) is 5.58 Å². The van der Waals surface area contributed by atoms with Crippen molar-refractivity contribution in [2.24, 2.45) is 5.92 Å². The number of alkyl halides is 3. The number of aryl methyl sites for hydroxylation is 2. The minimum Gasteiger partial charge on any atom is -0.464 e. The zero-order chi connectivity index (χ0) is 20.5. The van der Waals surface area contributed by atoms with Crippen LogP contribution in [0.25, 0.3) is 11.0 Å². The molecule has 0 bridgehead atoms. The number of nitrogens with zero attached hydrogens (tertiary/aromatic N) is 1. The highest BCUT2D eigenvalue weighted by atomic mass is 19.4. The van der Waals surface area contributed by atoms with Crippen molar-refractivity contribution in [2.75, 3.05) is 19.6 Å². The largest absolute Gasteiger partial charge is 0.464 e. The fourth-order valence-electron chi connectivity index (χ4n) is 3.99. The van der Waals surface area contributed by atoms with E-state index in [1.54, 1.807) is 6.26 Å². The number of amides is 1. The van der Waals surface area contributed by atoms with E-state index in [9.17, 15) is 18.0 Å². The molecule has 0 aliphatic carbocycles. The molecule has 0 radical (unpaired) electrons. The first-order valence-electron chi connectivity index (χ1n) is 9.69. The number of nitrogens with one attached hydrogen (secondary N) is 1. The highest BCUT2D eigenvalue weighted by Gasteiger charge is 2.33. The lowest BCUT2D eigenvalue weighted by atomic mass is 9.90. The highest BCUT2D eigenvalue weighted by molar-refractivity contribution is 5.89. The summed E-state index contributed by atoms with van der Waals surface area (Å²) < 4.78 is 43.2. The van der Waals surface area contributed by atoms with Crippen molar-refractivity contribution in [3.05, 3.63) is 35.1 Å². The Kier molecular flexibility index (Phi) is 6.03. The molecule has 3 rings (SSSR count). The van der Waals surface area contributed by atoms with E-state index in [1.165, 1.54) is 4.90 Å². The van der Waals surface area contributed by atoms with Crippen LogP contribution in [0.3, 0.4) is 0 Å². The van der Waals surface area contributed by atoms with E-state index < -0.39 is 12.7 Å². The predicted octanol–water partition coefficient (Wildman–Crippen LogP) is 4.37. The summed E-state index contributed by atoms with van der Waals surface area (Å²) >= 11 is 0. The van der Waals surface area contributed by atoms with Gasteiger partial charge in [0.15, 0.2) is 0 Å². The lowest BCUT2D eigenvalue weighted by molar-refractivity contribution is -0.148. The number of fused-ring (bicyclic) bond motifs is 1. The average Bonchev–Trinajstić information content (AvgIpc) is 3.00. The number of hydrogen-bond acceptors (Lipinski definition) is 3. The zero-order valence-electron chi connectivity index (χ0n) is 16.5. The SMILES string of the molecule is Cc1ccc2c(CC(=O)N[C@@H](C)C3CCN(CC(F)(F)F)CC3)coc2c1C. The number of carbonyl (C=O) groups excluding carboxylic acids is 1. The Morgan fingerprint density at radius 3 is 2.61 bits per heavy atom. The predicted molar refractivity (Wildman–Crippen MR) is 102 cm³/mol. The van der Waals surface area contributed by atoms with Gasteiger partial charge in [0.25, 0.3) is 0 Å². The molecule has 1 fully saturated rings. The standard InChI is InChI=1S/C21H27F3N2O2/c1-13-4-5-18-17(11-28-20(18)14(13)2)10-19(27)25-15(3)16-6-8-26(9-7-16)12-21(22,23)24/h4-5,11,15-16H,6-10,12H2,1-3H3,(H,25,27)/t15-/m0/s1. The summed E-state index contributed by atoms with van der Waals surface area (Å²) in [6.45, 7) is 5.92. The van der Waals surface area contributed by atoms with Gasteiger partial charge in [0, 0.05) is 17.0 Å². The first-order chi connectivity index (χ1) is 13.1. The zero-order valence-corrected chi connectivity index (χ0v) is 16.5. The normalized spacial score (nSPS) is 17.8. The molecule has 0 saturated carbocycles. The maximum absolute atomic E-state index is 12.5. The van der Waals surface area contributed by atoms with Crippen LogP contribution in [0.15, 0.2) is 22.8 Å². The van der Waals surface area contributed by atoms with Gasteiger partial charge in [-0.15, -0.1) is 0 Å². The Labute approximate surface area is 163 Å². The van der Waals surface area contributed by atoms with Gasteiger partial charge in [-0.1, -0.05) is 12.1 Å². The van der Waals surface area contributed by atoms with Crippen LogP contribution in [0.2, 0.25) is 0 Å². The van der Waals surface area contributed by atoms with Crippen molar-refractivity contribution >= 4 is 16.9 Å². The molecule has 1 aliphatic heterocycles. The van der Waals surface area contributed by atoms with Gasteiger partial charge in [-0.25, -0.2) is 0 Å². The van der Waals surface area contributed by atoms with E-state index in [0.717, 1.165) is 27.7 Å².